The SMILES string of the molecule is CC1(C)OB(c2ccc3c(c2)-c2cc4ccccc4cc2C32c3ccccc3Oc3ccccc32)OC1(C)C. The number of ether oxygens (including phenoxy) is 1. The topological polar surface area (TPSA) is 27.7 Å². The first-order valence-corrected chi connectivity index (χ1v) is 13.7. The van der Waals surface area contributed by atoms with Crippen molar-refractivity contribution < 1.29 is 14.0 Å². The molecule has 0 amide bonds. The minimum absolute atomic E-state index is 0.398. The number of para-hydroxylation sites is 2. The van der Waals surface area contributed by atoms with E-state index < -0.39 is 23.7 Å². The van der Waals surface area contributed by atoms with Gasteiger partial charge in [0.05, 0.1) is 16.6 Å². The first-order valence-electron chi connectivity index (χ1n) is 13.7. The quantitative estimate of drug-likeness (QED) is 0.214. The predicted octanol–water partition coefficient (Wildman–Crippen LogP) is 7.61. The molecule has 2 aliphatic heterocycles. The van der Waals surface area contributed by atoms with Crippen LogP contribution >= 0.6 is 0 Å². The van der Waals surface area contributed by atoms with Crippen LogP contribution < -0.4 is 10.2 Å². The molecule has 1 fully saturated rings. The van der Waals surface area contributed by atoms with Gasteiger partial charge in [0.2, 0.25) is 0 Å². The van der Waals surface area contributed by atoms with Crippen molar-refractivity contribution in [1.29, 1.82) is 0 Å². The Morgan fingerprint density at radius 1 is 0.513 bits per heavy atom. The maximum absolute atomic E-state index is 6.49. The maximum Gasteiger partial charge on any atom is 0.494 e. The van der Waals surface area contributed by atoms with Crippen LogP contribution in [-0.4, -0.2) is 18.3 Å². The second-order valence-electron chi connectivity index (χ2n) is 12.0. The summed E-state index contributed by atoms with van der Waals surface area (Å²) in [5.74, 6) is 1.80. The molecule has 39 heavy (non-hydrogen) atoms. The molecule has 0 radical (unpaired) electrons. The van der Waals surface area contributed by atoms with Gasteiger partial charge < -0.3 is 14.0 Å². The van der Waals surface area contributed by atoms with E-state index in [9.17, 15) is 0 Å². The van der Waals surface area contributed by atoms with Gasteiger partial charge in [-0.3, -0.25) is 0 Å². The molecule has 5 aromatic rings. The Bertz CT molecular complexity index is 1760. The van der Waals surface area contributed by atoms with Gasteiger partial charge in [-0.25, -0.2) is 0 Å². The van der Waals surface area contributed by atoms with Crippen LogP contribution in [-0.2, 0) is 14.7 Å². The lowest BCUT2D eigenvalue weighted by Gasteiger charge is -2.39. The van der Waals surface area contributed by atoms with Crippen LogP contribution in [0.2, 0.25) is 0 Å². The van der Waals surface area contributed by atoms with E-state index in [0.717, 1.165) is 17.0 Å². The fourth-order valence-electron chi connectivity index (χ4n) is 6.73. The zero-order valence-electron chi connectivity index (χ0n) is 22.6. The highest BCUT2D eigenvalue weighted by molar-refractivity contribution is 6.62. The largest absolute Gasteiger partial charge is 0.494 e. The minimum Gasteiger partial charge on any atom is -0.457 e. The van der Waals surface area contributed by atoms with E-state index in [1.54, 1.807) is 0 Å². The van der Waals surface area contributed by atoms with Gasteiger partial charge in [0.1, 0.15) is 11.5 Å². The zero-order valence-corrected chi connectivity index (χ0v) is 22.6. The van der Waals surface area contributed by atoms with E-state index in [1.807, 2.05) is 0 Å². The van der Waals surface area contributed by atoms with Crippen molar-refractivity contribution in [3.8, 4) is 22.6 Å². The van der Waals surface area contributed by atoms with Crippen molar-refractivity contribution in [3.63, 3.8) is 0 Å². The van der Waals surface area contributed by atoms with E-state index in [0.29, 0.717) is 0 Å². The van der Waals surface area contributed by atoms with Crippen LogP contribution in [0.3, 0.4) is 0 Å². The highest BCUT2D eigenvalue weighted by Gasteiger charge is 2.54. The Morgan fingerprint density at radius 3 is 1.69 bits per heavy atom. The normalized spacial score (nSPS) is 18.8. The summed E-state index contributed by atoms with van der Waals surface area (Å²) in [5.41, 5.74) is 7.09. The molecule has 1 aliphatic carbocycles. The Labute approximate surface area is 229 Å². The van der Waals surface area contributed by atoms with Gasteiger partial charge in [0.15, 0.2) is 0 Å². The average molecular weight is 508 g/mol. The standard InChI is InChI=1S/C35H29BO3/c1-33(2)34(3,4)39-36(38-33)24-17-18-27-26(21-24)25-19-22-11-5-6-12-23(22)20-30(25)35(27)28-13-7-9-15-31(28)37-32-16-10-8-14-29(32)35/h5-21H,1-4H3. The van der Waals surface area contributed by atoms with Gasteiger partial charge in [-0.15, -0.1) is 0 Å². The van der Waals surface area contributed by atoms with E-state index in [1.165, 1.54) is 44.2 Å². The molecule has 8 rings (SSSR count). The summed E-state index contributed by atoms with van der Waals surface area (Å²) in [6, 6.07) is 37.1. The lowest BCUT2D eigenvalue weighted by Crippen LogP contribution is -2.41. The molecule has 0 N–H and O–H groups in total. The van der Waals surface area contributed by atoms with Crippen LogP contribution in [0.15, 0.2) is 103 Å². The molecule has 1 spiro atoms. The minimum atomic E-state index is -0.491. The predicted molar refractivity (Wildman–Crippen MR) is 157 cm³/mol. The number of hydrogen-bond donors (Lipinski definition) is 0. The lowest BCUT2D eigenvalue weighted by molar-refractivity contribution is 0.00578. The second-order valence-corrected chi connectivity index (χ2v) is 12.0. The number of benzene rings is 5. The Kier molecular flexibility index (Phi) is 4.51. The van der Waals surface area contributed by atoms with Crippen molar-refractivity contribution in [1.82, 2.24) is 0 Å². The molecule has 2 heterocycles. The van der Waals surface area contributed by atoms with Crippen LogP contribution in [0.1, 0.15) is 49.9 Å². The number of fused-ring (bicyclic) bond motifs is 10. The van der Waals surface area contributed by atoms with Crippen LogP contribution in [0.5, 0.6) is 11.5 Å². The first kappa shape index (κ1) is 23.1. The summed E-state index contributed by atoms with van der Waals surface area (Å²) in [6.45, 7) is 8.42. The van der Waals surface area contributed by atoms with Gasteiger partial charge >= 0.3 is 7.12 Å². The summed E-state index contributed by atoms with van der Waals surface area (Å²) in [5, 5.41) is 2.46. The Morgan fingerprint density at radius 2 is 1.05 bits per heavy atom. The van der Waals surface area contributed by atoms with E-state index in [2.05, 4.69) is 131 Å². The van der Waals surface area contributed by atoms with Crippen LogP contribution in [0, 0.1) is 0 Å². The number of hydrogen-bond acceptors (Lipinski definition) is 3. The molecular weight excluding hydrogens is 479 g/mol. The average Bonchev–Trinajstić information content (AvgIpc) is 3.33. The van der Waals surface area contributed by atoms with Gasteiger partial charge in [0, 0.05) is 11.1 Å². The summed E-state index contributed by atoms with van der Waals surface area (Å²) >= 11 is 0. The van der Waals surface area contributed by atoms with Crippen molar-refractivity contribution >= 4 is 23.4 Å². The molecule has 0 saturated carbocycles. The molecule has 0 atom stereocenters. The third-order valence-corrected chi connectivity index (χ3v) is 9.36. The van der Waals surface area contributed by atoms with E-state index in [4.69, 9.17) is 14.0 Å². The number of rotatable bonds is 1. The highest BCUT2D eigenvalue weighted by Crippen LogP contribution is 2.62. The van der Waals surface area contributed by atoms with E-state index >= 15 is 0 Å². The fourth-order valence-corrected chi connectivity index (χ4v) is 6.73. The van der Waals surface area contributed by atoms with Gasteiger partial charge in [-0.1, -0.05) is 78.9 Å². The monoisotopic (exact) mass is 508 g/mol. The molecule has 4 heteroatoms. The van der Waals surface area contributed by atoms with Gasteiger partial charge in [-0.05, 0) is 90.4 Å². The molecule has 190 valence electrons. The highest BCUT2D eigenvalue weighted by atomic mass is 16.7. The maximum atomic E-state index is 6.49. The molecule has 3 aliphatic rings. The summed E-state index contributed by atoms with van der Waals surface area (Å²) in [7, 11) is -0.421. The third kappa shape index (κ3) is 2.96. The van der Waals surface area contributed by atoms with Crippen molar-refractivity contribution in [2.45, 2.75) is 44.3 Å². The van der Waals surface area contributed by atoms with Crippen molar-refractivity contribution in [2.75, 3.05) is 0 Å². The van der Waals surface area contributed by atoms with Crippen LogP contribution in [0.4, 0.5) is 0 Å². The second kappa shape index (κ2) is 7.62. The smallest absolute Gasteiger partial charge is 0.457 e. The van der Waals surface area contributed by atoms with Crippen molar-refractivity contribution in [2.24, 2.45) is 0 Å². The van der Waals surface area contributed by atoms with Gasteiger partial charge in [-0.2, -0.15) is 0 Å². The van der Waals surface area contributed by atoms with Gasteiger partial charge in [0.25, 0.3) is 0 Å². The fraction of sp³-hybridized carbons (Fsp3) is 0.200. The zero-order chi connectivity index (χ0) is 26.6. The molecule has 3 nitrogen and oxygen atoms in total. The molecule has 0 aromatic heterocycles. The summed E-state index contributed by atoms with van der Waals surface area (Å²) in [6.07, 6.45) is 0. The van der Waals surface area contributed by atoms with Crippen molar-refractivity contribution in [3.05, 3.63) is 125 Å². The summed E-state index contributed by atoms with van der Waals surface area (Å²) < 4.78 is 19.4. The van der Waals surface area contributed by atoms with E-state index in [-0.39, 0.29) is 0 Å². The lowest BCUT2D eigenvalue weighted by atomic mass is 9.65. The molecule has 5 aromatic carbocycles. The molecule has 0 unspecified atom stereocenters. The third-order valence-electron chi connectivity index (χ3n) is 9.36. The molecule has 0 bridgehead atoms. The first-order chi connectivity index (χ1) is 18.8. The molecule has 1 saturated heterocycles. The summed E-state index contributed by atoms with van der Waals surface area (Å²) in [4.78, 5) is 0. The Hall–Kier alpha value is -3.86. The Balaban J connectivity index is 1.46. The molecular formula is C35H29BO3. The van der Waals surface area contributed by atoms with Crippen LogP contribution in [0.25, 0.3) is 21.9 Å².